The highest BCUT2D eigenvalue weighted by Crippen LogP contribution is 2.20. The summed E-state index contributed by atoms with van der Waals surface area (Å²) in [6, 6.07) is 11.5. The number of hydrogen-bond acceptors (Lipinski definition) is 6. The van der Waals surface area contributed by atoms with Gasteiger partial charge >= 0.3 is 5.97 Å². The van der Waals surface area contributed by atoms with Gasteiger partial charge in [-0.15, -0.1) is 0 Å². The highest BCUT2D eigenvalue weighted by molar-refractivity contribution is 5.95. The van der Waals surface area contributed by atoms with Crippen LogP contribution < -0.4 is 21.7 Å². The first-order chi connectivity index (χ1) is 20.8. The lowest BCUT2D eigenvalue weighted by atomic mass is 10.0. The van der Waals surface area contributed by atoms with Crippen LogP contribution in [-0.2, 0) is 38.4 Å². The third-order valence-corrected chi connectivity index (χ3v) is 7.26. The molecule has 0 aliphatic rings. The van der Waals surface area contributed by atoms with Gasteiger partial charge in [0, 0.05) is 65.4 Å². The fraction of sp³-hybridized carbons (Fsp3) is 0.233. The first kappa shape index (κ1) is 29.1. The fourth-order valence-electron chi connectivity index (χ4n) is 5.07. The number of carboxylic acids is 1. The Balaban J connectivity index is 1.36. The Kier molecular flexibility index (Phi) is 8.82. The Bertz CT molecular complexity index is 1740. The number of aromatic nitrogens is 4. The van der Waals surface area contributed by atoms with Crippen LogP contribution in [-0.4, -0.2) is 73.4 Å². The summed E-state index contributed by atoms with van der Waals surface area (Å²) < 4.78 is 0. The van der Waals surface area contributed by atoms with Gasteiger partial charge in [-0.3, -0.25) is 14.4 Å². The van der Waals surface area contributed by atoms with Crippen molar-refractivity contribution in [2.45, 2.75) is 37.4 Å². The number of imidazole rings is 1. The number of carboxylic acid groups (broad SMARTS) is 1. The number of benzene rings is 2. The molecule has 3 atom stereocenters. The maximum Gasteiger partial charge on any atom is 0.326 e. The summed E-state index contributed by atoms with van der Waals surface area (Å²) in [5, 5.41) is 19.6. The number of rotatable bonds is 13. The Morgan fingerprint density at radius 1 is 0.744 bits per heavy atom. The van der Waals surface area contributed by atoms with Gasteiger partial charge in [-0.05, 0) is 23.3 Å². The molecule has 0 radical (unpaired) electrons. The normalized spacial score (nSPS) is 13.3. The Morgan fingerprint density at radius 2 is 1.28 bits per heavy atom. The number of nitrogens with one attached hydrogen (secondary N) is 6. The number of hydrogen-bond donors (Lipinski definition) is 8. The van der Waals surface area contributed by atoms with Crippen LogP contribution in [0, 0.1) is 0 Å². The molecule has 0 fully saturated rings. The Labute approximate surface area is 245 Å². The van der Waals surface area contributed by atoms with Crippen molar-refractivity contribution in [3.05, 3.63) is 90.3 Å². The second-order valence-electron chi connectivity index (χ2n) is 10.2. The largest absolute Gasteiger partial charge is 0.480 e. The number of carbonyl (C=O) groups is 4. The number of amides is 3. The molecule has 0 saturated heterocycles. The molecule has 3 unspecified atom stereocenters. The van der Waals surface area contributed by atoms with E-state index in [2.05, 4.69) is 35.9 Å². The Hall–Kier alpha value is -5.43. The molecule has 2 aromatic carbocycles. The van der Waals surface area contributed by atoms with E-state index in [1.54, 1.807) is 12.4 Å². The SMILES string of the molecule is NCC(=O)NC(Cc1c[nH]c2ccccc12)C(=O)NC(Cc1cnc[nH]1)C(=O)NC(Cc1c[nH]c2ccccc12)C(=O)O. The number of para-hydroxylation sites is 2. The molecule has 13 heteroatoms. The molecule has 0 aliphatic carbocycles. The van der Waals surface area contributed by atoms with Gasteiger partial charge in [-0.25, -0.2) is 9.78 Å². The average molecular weight is 585 g/mol. The van der Waals surface area contributed by atoms with Crippen LogP contribution in [0.5, 0.6) is 0 Å². The molecule has 3 amide bonds. The lowest BCUT2D eigenvalue weighted by molar-refractivity contribution is -0.142. The van der Waals surface area contributed by atoms with Crippen molar-refractivity contribution in [1.82, 2.24) is 35.9 Å². The summed E-state index contributed by atoms with van der Waals surface area (Å²) in [6.45, 7) is -0.330. The number of carbonyl (C=O) groups excluding carboxylic acids is 3. The van der Waals surface area contributed by atoms with Crippen LogP contribution in [0.15, 0.2) is 73.4 Å². The van der Waals surface area contributed by atoms with Crippen molar-refractivity contribution in [3.63, 3.8) is 0 Å². The third kappa shape index (κ3) is 6.90. The molecule has 13 nitrogen and oxygen atoms in total. The number of aromatic amines is 3. The zero-order chi connectivity index (χ0) is 30.3. The molecule has 222 valence electrons. The lowest BCUT2D eigenvalue weighted by Crippen LogP contribution is -2.57. The number of H-pyrrole nitrogens is 3. The van der Waals surface area contributed by atoms with Crippen molar-refractivity contribution in [2.24, 2.45) is 5.73 Å². The maximum absolute atomic E-state index is 13.6. The first-order valence-electron chi connectivity index (χ1n) is 13.7. The zero-order valence-electron chi connectivity index (χ0n) is 23.1. The van der Waals surface area contributed by atoms with Crippen molar-refractivity contribution in [3.8, 4) is 0 Å². The second-order valence-corrected chi connectivity index (χ2v) is 10.2. The van der Waals surface area contributed by atoms with E-state index < -0.39 is 41.8 Å². The van der Waals surface area contributed by atoms with Crippen molar-refractivity contribution in [2.75, 3.05) is 6.54 Å². The predicted molar refractivity (Wildman–Crippen MR) is 159 cm³/mol. The average Bonchev–Trinajstić information content (AvgIpc) is 3.77. The second kappa shape index (κ2) is 13.0. The molecule has 5 rings (SSSR count). The summed E-state index contributed by atoms with van der Waals surface area (Å²) in [4.78, 5) is 64.8. The van der Waals surface area contributed by atoms with Crippen molar-refractivity contribution >= 4 is 45.5 Å². The summed E-state index contributed by atoms with van der Waals surface area (Å²) in [7, 11) is 0. The molecule has 5 aromatic rings. The van der Waals surface area contributed by atoms with Crippen molar-refractivity contribution in [1.29, 1.82) is 0 Å². The molecule has 43 heavy (non-hydrogen) atoms. The molecule has 0 aliphatic heterocycles. The van der Waals surface area contributed by atoms with Crippen LogP contribution in [0.2, 0.25) is 0 Å². The third-order valence-electron chi connectivity index (χ3n) is 7.26. The van der Waals surface area contributed by atoms with Gasteiger partial charge < -0.3 is 41.7 Å². The summed E-state index contributed by atoms with van der Waals surface area (Å²) >= 11 is 0. The van der Waals surface area contributed by atoms with E-state index in [-0.39, 0.29) is 25.8 Å². The monoisotopic (exact) mass is 584 g/mol. The zero-order valence-corrected chi connectivity index (χ0v) is 23.1. The standard InChI is InChI=1S/C30H32N8O5/c31-12-27(39)36-24(9-17-13-33-22-7-3-1-5-20(17)22)28(40)37-25(11-19-15-32-16-35-19)29(41)38-26(30(42)43)10-18-14-34-23-8-4-2-6-21(18)23/h1-8,13-16,24-26,33-34H,9-12,31H2,(H,32,35)(H,36,39)(H,37,40)(H,38,41)(H,42,43). The molecule has 0 spiro atoms. The number of nitrogens with two attached hydrogens (primary N) is 1. The predicted octanol–water partition coefficient (Wildman–Crippen LogP) is 0.898. The van der Waals surface area contributed by atoms with Gasteiger partial charge in [0.05, 0.1) is 12.9 Å². The molecule has 0 saturated carbocycles. The van der Waals surface area contributed by atoms with Gasteiger partial charge in [0.2, 0.25) is 17.7 Å². The van der Waals surface area contributed by atoms with E-state index in [0.717, 1.165) is 32.9 Å². The smallest absolute Gasteiger partial charge is 0.326 e. The van der Waals surface area contributed by atoms with Crippen LogP contribution in [0.4, 0.5) is 0 Å². The maximum atomic E-state index is 13.6. The minimum Gasteiger partial charge on any atom is -0.480 e. The number of nitrogens with zero attached hydrogens (tertiary/aromatic N) is 1. The highest BCUT2D eigenvalue weighted by Gasteiger charge is 2.31. The van der Waals surface area contributed by atoms with Gasteiger partial charge in [-0.2, -0.15) is 0 Å². The molecular formula is C30H32N8O5. The van der Waals surface area contributed by atoms with Crippen LogP contribution in [0.1, 0.15) is 16.8 Å². The van der Waals surface area contributed by atoms with E-state index in [0.29, 0.717) is 5.69 Å². The van der Waals surface area contributed by atoms with Gasteiger partial charge in [0.1, 0.15) is 18.1 Å². The lowest BCUT2D eigenvalue weighted by Gasteiger charge is -2.24. The van der Waals surface area contributed by atoms with E-state index in [9.17, 15) is 24.3 Å². The van der Waals surface area contributed by atoms with E-state index >= 15 is 0 Å². The van der Waals surface area contributed by atoms with E-state index in [1.165, 1.54) is 12.5 Å². The summed E-state index contributed by atoms with van der Waals surface area (Å²) in [5.74, 6) is -3.10. The molecule has 0 bridgehead atoms. The minimum atomic E-state index is -1.27. The molecule has 3 heterocycles. The summed E-state index contributed by atoms with van der Waals surface area (Å²) in [5.41, 5.74) is 9.28. The quantitative estimate of drug-likeness (QED) is 0.100. The molecule has 3 aromatic heterocycles. The van der Waals surface area contributed by atoms with E-state index in [1.807, 2.05) is 48.5 Å². The summed E-state index contributed by atoms with van der Waals surface area (Å²) in [6.07, 6.45) is 6.56. The van der Waals surface area contributed by atoms with Gasteiger partial charge in [0.25, 0.3) is 0 Å². The van der Waals surface area contributed by atoms with Gasteiger partial charge in [0.15, 0.2) is 0 Å². The minimum absolute atomic E-state index is 0.00163. The van der Waals surface area contributed by atoms with Crippen LogP contribution >= 0.6 is 0 Å². The fourth-order valence-corrected chi connectivity index (χ4v) is 5.07. The molecular weight excluding hydrogens is 552 g/mol. The Morgan fingerprint density at radius 3 is 1.81 bits per heavy atom. The van der Waals surface area contributed by atoms with Gasteiger partial charge in [-0.1, -0.05) is 36.4 Å². The van der Waals surface area contributed by atoms with Crippen LogP contribution in [0.25, 0.3) is 21.8 Å². The van der Waals surface area contributed by atoms with Crippen molar-refractivity contribution < 1.29 is 24.3 Å². The van der Waals surface area contributed by atoms with E-state index in [4.69, 9.17) is 5.73 Å². The van der Waals surface area contributed by atoms with Crippen LogP contribution in [0.3, 0.4) is 0 Å². The number of fused-ring (bicyclic) bond motifs is 2. The highest BCUT2D eigenvalue weighted by atomic mass is 16.4. The topological polar surface area (TPSA) is 211 Å². The molecule has 9 N–H and O–H groups in total. The first-order valence-corrected chi connectivity index (χ1v) is 13.7. The number of aliphatic carboxylic acids is 1.